The SMILES string of the molecule is CC(C)(C)OC(=O)CC[C@@H](C(N)=O)N1Cc2c(ccc3c2NCC32CCN(Cc3ccccc3)CC2)C1=O. The van der Waals surface area contributed by atoms with Crippen LogP contribution in [0.25, 0.3) is 0 Å². The van der Waals surface area contributed by atoms with Crippen LogP contribution in [0.15, 0.2) is 42.5 Å². The van der Waals surface area contributed by atoms with Gasteiger partial charge < -0.3 is 20.7 Å². The molecule has 0 aliphatic carbocycles. The fraction of sp³-hybridized carbons (Fsp3) is 0.500. The molecule has 3 aliphatic heterocycles. The highest BCUT2D eigenvalue weighted by Crippen LogP contribution is 2.48. The second-order valence-electron chi connectivity index (χ2n) is 11.9. The third-order valence-corrected chi connectivity index (χ3v) is 8.12. The van der Waals surface area contributed by atoms with Crippen LogP contribution in [0.1, 0.15) is 73.5 Å². The van der Waals surface area contributed by atoms with E-state index < -0.39 is 23.5 Å². The Kier molecular flexibility index (Phi) is 6.94. The van der Waals surface area contributed by atoms with Crippen molar-refractivity contribution in [2.75, 3.05) is 25.0 Å². The van der Waals surface area contributed by atoms with E-state index in [4.69, 9.17) is 10.5 Å². The van der Waals surface area contributed by atoms with E-state index in [1.807, 2.05) is 12.1 Å². The second-order valence-corrected chi connectivity index (χ2v) is 11.9. The molecule has 38 heavy (non-hydrogen) atoms. The lowest BCUT2D eigenvalue weighted by Crippen LogP contribution is -2.45. The van der Waals surface area contributed by atoms with Crippen LogP contribution < -0.4 is 11.1 Å². The summed E-state index contributed by atoms with van der Waals surface area (Å²) >= 11 is 0. The molecule has 1 atom stereocenters. The molecular formula is C30H38N4O4. The summed E-state index contributed by atoms with van der Waals surface area (Å²) < 4.78 is 5.38. The molecule has 1 fully saturated rings. The topological polar surface area (TPSA) is 105 Å². The standard InChI is InChI=1S/C30H38N4O4/c1-29(2,3)38-25(35)12-11-24(27(31)36)34-18-22-21(28(34)37)9-10-23-26(22)32-19-30(23)13-15-33(16-14-30)17-20-7-5-4-6-8-20/h4-10,24,32H,11-19H2,1-3H3,(H2,31,36)/t24-/m0/s1. The molecule has 0 radical (unpaired) electrons. The molecule has 0 unspecified atom stereocenters. The Balaban J connectivity index is 1.29. The minimum Gasteiger partial charge on any atom is -0.460 e. The Hall–Kier alpha value is -3.39. The van der Waals surface area contributed by atoms with Gasteiger partial charge in [0.05, 0.1) is 0 Å². The van der Waals surface area contributed by atoms with Crippen molar-refractivity contribution in [1.82, 2.24) is 9.80 Å². The molecule has 0 aromatic heterocycles. The van der Waals surface area contributed by atoms with Gasteiger partial charge in [-0.1, -0.05) is 36.4 Å². The van der Waals surface area contributed by atoms with Crippen molar-refractivity contribution < 1.29 is 19.1 Å². The Morgan fingerprint density at radius 1 is 1.11 bits per heavy atom. The van der Waals surface area contributed by atoms with Crippen molar-refractivity contribution >= 4 is 23.5 Å². The van der Waals surface area contributed by atoms with E-state index in [0.29, 0.717) is 12.1 Å². The summed E-state index contributed by atoms with van der Waals surface area (Å²) in [6.07, 6.45) is 2.26. The molecule has 3 aliphatic rings. The lowest BCUT2D eigenvalue weighted by molar-refractivity contribution is -0.155. The van der Waals surface area contributed by atoms with Crippen molar-refractivity contribution in [3.05, 3.63) is 64.7 Å². The zero-order chi connectivity index (χ0) is 27.1. The molecule has 1 spiro atoms. The van der Waals surface area contributed by atoms with Crippen molar-refractivity contribution in [2.45, 2.75) is 76.6 Å². The molecular weight excluding hydrogens is 480 g/mol. The number of hydrogen-bond acceptors (Lipinski definition) is 6. The highest BCUT2D eigenvalue weighted by Gasteiger charge is 2.45. The van der Waals surface area contributed by atoms with E-state index in [2.05, 4.69) is 40.5 Å². The summed E-state index contributed by atoms with van der Waals surface area (Å²) in [7, 11) is 0. The molecule has 8 nitrogen and oxygen atoms in total. The number of amides is 2. The smallest absolute Gasteiger partial charge is 0.306 e. The van der Waals surface area contributed by atoms with Gasteiger partial charge in [0.2, 0.25) is 5.91 Å². The van der Waals surface area contributed by atoms with Gasteiger partial charge in [-0.15, -0.1) is 0 Å². The van der Waals surface area contributed by atoms with Gasteiger partial charge in [0.15, 0.2) is 0 Å². The van der Waals surface area contributed by atoms with E-state index in [1.54, 1.807) is 20.8 Å². The van der Waals surface area contributed by atoms with Gasteiger partial charge in [0.1, 0.15) is 11.6 Å². The van der Waals surface area contributed by atoms with Crippen LogP contribution >= 0.6 is 0 Å². The highest BCUT2D eigenvalue weighted by molar-refractivity contribution is 6.03. The average molecular weight is 519 g/mol. The quantitative estimate of drug-likeness (QED) is 0.543. The van der Waals surface area contributed by atoms with E-state index in [9.17, 15) is 14.4 Å². The van der Waals surface area contributed by atoms with Crippen LogP contribution in [-0.2, 0) is 32.8 Å². The first-order valence-corrected chi connectivity index (χ1v) is 13.5. The number of fused-ring (bicyclic) bond motifs is 4. The number of nitrogens with one attached hydrogen (secondary N) is 1. The predicted octanol–water partition coefficient (Wildman–Crippen LogP) is 3.58. The van der Waals surface area contributed by atoms with Gasteiger partial charge in [-0.2, -0.15) is 0 Å². The molecule has 5 rings (SSSR count). The first kappa shape index (κ1) is 26.2. The highest BCUT2D eigenvalue weighted by atomic mass is 16.6. The van der Waals surface area contributed by atoms with E-state index in [1.165, 1.54) is 16.0 Å². The maximum absolute atomic E-state index is 13.4. The summed E-state index contributed by atoms with van der Waals surface area (Å²) in [6, 6.07) is 13.7. The maximum Gasteiger partial charge on any atom is 0.306 e. The number of carbonyl (C=O) groups is 3. The summed E-state index contributed by atoms with van der Waals surface area (Å²) in [5.74, 6) is -1.23. The number of benzene rings is 2. The van der Waals surface area contributed by atoms with Crippen molar-refractivity contribution in [1.29, 1.82) is 0 Å². The minimum absolute atomic E-state index is 0.0178. The monoisotopic (exact) mass is 518 g/mol. The largest absolute Gasteiger partial charge is 0.460 e. The fourth-order valence-electron chi connectivity index (χ4n) is 6.18. The van der Waals surface area contributed by atoms with Gasteiger partial charge in [0, 0.05) is 48.3 Å². The van der Waals surface area contributed by atoms with Crippen molar-refractivity contribution in [2.24, 2.45) is 5.73 Å². The number of hydrogen-bond donors (Lipinski definition) is 2. The lowest BCUT2D eigenvalue weighted by atomic mass is 9.73. The second kappa shape index (κ2) is 10.1. The van der Waals surface area contributed by atoms with Gasteiger partial charge in [-0.05, 0) is 70.3 Å². The van der Waals surface area contributed by atoms with Crippen molar-refractivity contribution in [3.8, 4) is 0 Å². The van der Waals surface area contributed by atoms with Crippen LogP contribution in [0.2, 0.25) is 0 Å². The molecule has 1 saturated heterocycles. The molecule has 2 amide bonds. The van der Waals surface area contributed by atoms with Crippen LogP contribution in [0, 0.1) is 0 Å². The number of ether oxygens (including phenoxy) is 1. The first-order valence-electron chi connectivity index (χ1n) is 13.5. The zero-order valence-corrected chi connectivity index (χ0v) is 22.6. The van der Waals surface area contributed by atoms with Crippen LogP contribution in [0.4, 0.5) is 5.69 Å². The van der Waals surface area contributed by atoms with Gasteiger partial charge in [0.25, 0.3) is 5.91 Å². The first-order chi connectivity index (χ1) is 18.1. The summed E-state index contributed by atoms with van der Waals surface area (Å²) in [5, 5.41) is 3.62. The Bertz CT molecular complexity index is 1230. The van der Waals surface area contributed by atoms with E-state index in [0.717, 1.165) is 50.3 Å². The number of nitrogens with zero attached hydrogens (tertiary/aromatic N) is 2. The third-order valence-electron chi connectivity index (χ3n) is 8.12. The molecule has 202 valence electrons. The zero-order valence-electron chi connectivity index (χ0n) is 22.6. The number of rotatable bonds is 7. The van der Waals surface area contributed by atoms with Gasteiger partial charge in [-0.25, -0.2) is 0 Å². The molecule has 2 aromatic rings. The summed E-state index contributed by atoms with van der Waals surface area (Å²) in [6.45, 7) is 9.55. The number of nitrogens with two attached hydrogens (primary N) is 1. The molecule has 0 saturated carbocycles. The number of piperidine rings is 1. The maximum atomic E-state index is 13.4. The predicted molar refractivity (Wildman–Crippen MR) is 145 cm³/mol. The number of esters is 1. The summed E-state index contributed by atoms with van der Waals surface area (Å²) in [4.78, 5) is 42.0. The number of carbonyl (C=O) groups excluding carboxylic acids is 3. The Labute approximate surface area is 224 Å². The molecule has 0 bridgehead atoms. The average Bonchev–Trinajstić information content (AvgIpc) is 3.38. The number of anilines is 1. The molecule has 2 aromatic carbocycles. The lowest BCUT2D eigenvalue weighted by Gasteiger charge is -2.39. The molecule has 3 heterocycles. The van der Waals surface area contributed by atoms with Crippen LogP contribution in [0.3, 0.4) is 0 Å². The number of primary amides is 1. The normalized spacial score (nSPS) is 19.1. The minimum atomic E-state index is -0.866. The third kappa shape index (κ3) is 5.14. The Morgan fingerprint density at radius 3 is 2.47 bits per heavy atom. The fourth-order valence-corrected chi connectivity index (χ4v) is 6.18. The Morgan fingerprint density at radius 2 is 1.82 bits per heavy atom. The molecule has 8 heteroatoms. The van der Waals surface area contributed by atoms with Crippen molar-refractivity contribution in [3.63, 3.8) is 0 Å². The van der Waals surface area contributed by atoms with Gasteiger partial charge >= 0.3 is 5.97 Å². The molecule has 3 N–H and O–H groups in total. The van der Waals surface area contributed by atoms with E-state index >= 15 is 0 Å². The van der Waals surface area contributed by atoms with Gasteiger partial charge in [-0.3, -0.25) is 19.3 Å². The van der Waals surface area contributed by atoms with Crippen LogP contribution in [-0.4, -0.2) is 58.9 Å². The number of likely N-dealkylation sites (tertiary alicyclic amines) is 1. The van der Waals surface area contributed by atoms with Crippen LogP contribution in [0.5, 0.6) is 0 Å². The summed E-state index contributed by atoms with van der Waals surface area (Å²) in [5.41, 5.74) is 10.3. The van der Waals surface area contributed by atoms with E-state index in [-0.39, 0.29) is 24.2 Å².